The van der Waals surface area contributed by atoms with Gasteiger partial charge >= 0.3 is 0 Å². The third-order valence-corrected chi connectivity index (χ3v) is 2.65. The molecule has 6 heteroatoms. The SMILES string of the molecule is Nc1nc(Cl)cc(N[C@@H]2C=C[C@H](CO)C2)n1. The number of hydrogen-bond acceptors (Lipinski definition) is 5. The first-order valence-corrected chi connectivity index (χ1v) is 5.41. The number of nitrogens with one attached hydrogen (secondary N) is 1. The van der Waals surface area contributed by atoms with Crippen molar-refractivity contribution in [2.24, 2.45) is 5.92 Å². The number of nitrogens with zero attached hydrogens (tertiary/aromatic N) is 2. The van der Waals surface area contributed by atoms with E-state index < -0.39 is 0 Å². The Kier molecular flexibility index (Phi) is 3.26. The molecule has 2 rings (SSSR count). The van der Waals surface area contributed by atoms with Gasteiger partial charge in [0.15, 0.2) is 0 Å². The molecule has 0 saturated heterocycles. The second-order valence-electron chi connectivity index (χ2n) is 3.75. The molecule has 1 aliphatic carbocycles. The minimum absolute atomic E-state index is 0.149. The molecule has 0 radical (unpaired) electrons. The molecule has 1 heterocycles. The van der Waals surface area contributed by atoms with E-state index in [4.69, 9.17) is 22.4 Å². The van der Waals surface area contributed by atoms with Crippen LogP contribution < -0.4 is 11.1 Å². The number of aliphatic hydroxyl groups is 1. The predicted molar refractivity (Wildman–Crippen MR) is 63.2 cm³/mol. The highest BCUT2D eigenvalue weighted by atomic mass is 35.5. The van der Waals surface area contributed by atoms with Crippen LogP contribution >= 0.6 is 11.6 Å². The van der Waals surface area contributed by atoms with E-state index in [0.29, 0.717) is 11.0 Å². The van der Waals surface area contributed by atoms with Gasteiger partial charge < -0.3 is 16.2 Å². The van der Waals surface area contributed by atoms with Gasteiger partial charge in [0.2, 0.25) is 5.95 Å². The van der Waals surface area contributed by atoms with Crippen molar-refractivity contribution < 1.29 is 5.11 Å². The topological polar surface area (TPSA) is 84.1 Å². The summed E-state index contributed by atoms with van der Waals surface area (Å²) < 4.78 is 0. The molecule has 0 fully saturated rings. The molecular formula is C10H13ClN4O. The van der Waals surface area contributed by atoms with Crippen molar-refractivity contribution in [2.75, 3.05) is 17.7 Å². The molecule has 86 valence electrons. The highest BCUT2D eigenvalue weighted by Gasteiger charge is 2.18. The summed E-state index contributed by atoms with van der Waals surface area (Å²) in [5, 5.41) is 12.5. The number of nitrogens with two attached hydrogens (primary N) is 1. The summed E-state index contributed by atoms with van der Waals surface area (Å²) in [5.74, 6) is 0.966. The van der Waals surface area contributed by atoms with Crippen molar-refractivity contribution >= 4 is 23.4 Å². The molecule has 2 atom stereocenters. The molecule has 0 unspecified atom stereocenters. The highest BCUT2D eigenvalue weighted by molar-refractivity contribution is 6.29. The molecule has 1 aromatic rings. The fourth-order valence-electron chi connectivity index (χ4n) is 1.72. The Labute approximate surface area is 98.4 Å². The van der Waals surface area contributed by atoms with Gasteiger partial charge in [-0.15, -0.1) is 0 Å². The molecular weight excluding hydrogens is 228 g/mol. The minimum Gasteiger partial charge on any atom is -0.396 e. The van der Waals surface area contributed by atoms with Gasteiger partial charge in [0.05, 0.1) is 0 Å². The maximum absolute atomic E-state index is 8.99. The standard InChI is InChI=1S/C10H13ClN4O/c11-8-4-9(15-10(12)14-8)13-7-2-1-6(3-7)5-16/h1-2,4,6-7,16H,3,5H2,(H3,12,13,14,15)/t6-,7+/m0/s1. The number of aromatic nitrogens is 2. The maximum Gasteiger partial charge on any atom is 0.223 e. The molecule has 0 bridgehead atoms. The number of halogens is 1. The lowest BCUT2D eigenvalue weighted by molar-refractivity contribution is 0.250. The quantitative estimate of drug-likeness (QED) is 0.544. The zero-order valence-corrected chi connectivity index (χ0v) is 9.35. The van der Waals surface area contributed by atoms with E-state index >= 15 is 0 Å². The zero-order chi connectivity index (χ0) is 11.5. The summed E-state index contributed by atoms with van der Waals surface area (Å²) in [6.45, 7) is 0.168. The summed E-state index contributed by atoms with van der Waals surface area (Å²) in [4.78, 5) is 7.80. The van der Waals surface area contributed by atoms with Gasteiger partial charge in [0, 0.05) is 24.6 Å². The molecule has 5 nitrogen and oxygen atoms in total. The summed E-state index contributed by atoms with van der Waals surface area (Å²) in [5.41, 5.74) is 5.48. The third kappa shape index (κ3) is 2.62. The van der Waals surface area contributed by atoms with Gasteiger partial charge in [0.1, 0.15) is 11.0 Å². The van der Waals surface area contributed by atoms with E-state index in [-0.39, 0.29) is 24.5 Å². The molecule has 0 aliphatic heterocycles. The number of hydrogen-bond donors (Lipinski definition) is 3. The van der Waals surface area contributed by atoms with Crippen molar-refractivity contribution in [3.05, 3.63) is 23.4 Å². The van der Waals surface area contributed by atoms with Gasteiger partial charge in [-0.1, -0.05) is 23.8 Å². The van der Waals surface area contributed by atoms with Crippen molar-refractivity contribution in [3.63, 3.8) is 0 Å². The van der Waals surface area contributed by atoms with Crippen molar-refractivity contribution in [1.82, 2.24) is 9.97 Å². The van der Waals surface area contributed by atoms with Crippen LogP contribution in [0.3, 0.4) is 0 Å². The molecule has 1 aromatic heterocycles. The summed E-state index contributed by atoms with van der Waals surface area (Å²) in [7, 11) is 0. The number of nitrogen functional groups attached to an aromatic ring is 1. The van der Waals surface area contributed by atoms with Crippen LogP contribution in [0.25, 0.3) is 0 Å². The number of rotatable bonds is 3. The Hall–Kier alpha value is -1.33. The van der Waals surface area contributed by atoms with Crippen LogP contribution in [0.5, 0.6) is 0 Å². The number of aliphatic hydroxyl groups excluding tert-OH is 1. The fraction of sp³-hybridized carbons (Fsp3) is 0.400. The smallest absolute Gasteiger partial charge is 0.223 e. The molecule has 4 N–H and O–H groups in total. The number of anilines is 2. The fourth-order valence-corrected chi connectivity index (χ4v) is 1.91. The van der Waals surface area contributed by atoms with E-state index in [1.807, 2.05) is 12.2 Å². The average molecular weight is 241 g/mol. The van der Waals surface area contributed by atoms with Gasteiger partial charge in [-0.25, -0.2) is 4.98 Å². The minimum atomic E-state index is 0.149. The van der Waals surface area contributed by atoms with Crippen LogP contribution in [0.2, 0.25) is 5.15 Å². The zero-order valence-electron chi connectivity index (χ0n) is 8.60. The van der Waals surface area contributed by atoms with Gasteiger partial charge in [0.25, 0.3) is 0 Å². The Morgan fingerprint density at radius 2 is 2.31 bits per heavy atom. The first-order chi connectivity index (χ1) is 7.67. The lowest BCUT2D eigenvalue weighted by Gasteiger charge is -2.13. The van der Waals surface area contributed by atoms with E-state index in [0.717, 1.165) is 6.42 Å². The first-order valence-electron chi connectivity index (χ1n) is 5.03. The molecule has 0 saturated carbocycles. The van der Waals surface area contributed by atoms with Crippen LogP contribution in [-0.4, -0.2) is 27.7 Å². The van der Waals surface area contributed by atoms with Crippen molar-refractivity contribution in [1.29, 1.82) is 0 Å². The summed E-state index contributed by atoms with van der Waals surface area (Å²) in [6, 6.07) is 1.78. The second kappa shape index (κ2) is 4.67. The first kappa shape index (κ1) is 11.2. The Morgan fingerprint density at radius 1 is 1.50 bits per heavy atom. The lowest BCUT2D eigenvalue weighted by atomic mass is 10.1. The van der Waals surface area contributed by atoms with Gasteiger partial charge in [-0.05, 0) is 6.42 Å². The van der Waals surface area contributed by atoms with E-state index in [1.54, 1.807) is 6.07 Å². The van der Waals surface area contributed by atoms with E-state index in [2.05, 4.69) is 15.3 Å². The van der Waals surface area contributed by atoms with Crippen LogP contribution in [-0.2, 0) is 0 Å². The van der Waals surface area contributed by atoms with Crippen LogP contribution in [0.15, 0.2) is 18.2 Å². The molecule has 0 amide bonds. The average Bonchev–Trinajstić information content (AvgIpc) is 2.64. The van der Waals surface area contributed by atoms with Crippen molar-refractivity contribution in [2.45, 2.75) is 12.5 Å². The monoisotopic (exact) mass is 240 g/mol. The van der Waals surface area contributed by atoms with Crippen LogP contribution in [0.4, 0.5) is 11.8 Å². The Bertz CT molecular complexity index is 390. The van der Waals surface area contributed by atoms with Crippen molar-refractivity contribution in [3.8, 4) is 0 Å². The summed E-state index contributed by atoms with van der Waals surface area (Å²) >= 11 is 5.76. The largest absolute Gasteiger partial charge is 0.396 e. The lowest BCUT2D eigenvalue weighted by Crippen LogP contribution is -2.17. The molecule has 1 aliphatic rings. The van der Waals surface area contributed by atoms with E-state index in [1.165, 1.54) is 0 Å². The van der Waals surface area contributed by atoms with Crippen LogP contribution in [0, 0.1) is 5.92 Å². The molecule has 16 heavy (non-hydrogen) atoms. The highest BCUT2D eigenvalue weighted by Crippen LogP contribution is 2.21. The van der Waals surface area contributed by atoms with Crippen LogP contribution in [0.1, 0.15) is 6.42 Å². The Morgan fingerprint density at radius 3 is 2.94 bits per heavy atom. The summed E-state index contributed by atoms with van der Waals surface area (Å²) in [6.07, 6.45) is 4.84. The second-order valence-corrected chi connectivity index (χ2v) is 4.14. The molecule has 0 aromatic carbocycles. The Balaban J connectivity index is 2.02. The predicted octanol–water partition coefficient (Wildman–Crippen LogP) is 1.06. The van der Waals surface area contributed by atoms with Gasteiger partial charge in [-0.2, -0.15) is 4.98 Å². The normalized spacial score (nSPS) is 23.6. The van der Waals surface area contributed by atoms with E-state index in [9.17, 15) is 0 Å². The molecule has 0 spiro atoms. The van der Waals surface area contributed by atoms with Gasteiger partial charge in [-0.3, -0.25) is 0 Å². The maximum atomic E-state index is 8.99. The third-order valence-electron chi connectivity index (χ3n) is 2.45.